The standard InChI is InChI=1S/C19H18N2O2/c1-12-8-9-18-17(10-12)15-6-3-7-16(15)19(20-18)13-4-2-5-14(11-13)21(22)23/h2-6,8-11,15-16,19-20H,7H2,1H3/t15-,16-,19+/m0/s1. The van der Waals surface area contributed by atoms with Gasteiger partial charge >= 0.3 is 0 Å². The van der Waals surface area contributed by atoms with Crippen molar-refractivity contribution in [1.82, 2.24) is 0 Å². The Morgan fingerprint density at radius 1 is 1.22 bits per heavy atom. The van der Waals surface area contributed by atoms with Crippen LogP contribution in [0.3, 0.4) is 0 Å². The lowest BCUT2D eigenvalue weighted by Crippen LogP contribution is -2.29. The van der Waals surface area contributed by atoms with Crippen molar-refractivity contribution in [2.24, 2.45) is 5.92 Å². The summed E-state index contributed by atoms with van der Waals surface area (Å²) >= 11 is 0. The maximum absolute atomic E-state index is 11.1. The summed E-state index contributed by atoms with van der Waals surface area (Å²) in [5, 5.41) is 14.7. The zero-order valence-corrected chi connectivity index (χ0v) is 12.9. The highest BCUT2D eigenvalue weighted by molar-refractivity contribution is 5.61. The van der Waals surface area contributed by atoms with Gasteiger partial charge in [-0.25, -0.2) is 0 Å². The number of allylic oxidation sites excluding steroid dienone is 2. The highest BCUT2D eigenvalue weighted by atomic mass is 16.6. The van der Waals surface area contributed by atoms with Gasteiger partial charge in [-0.1, -0.05) is 42.0 Å². The van der Waals surface area contributed by atoms with Crippen LogP contribution in [0.2, 0.25) is 0 Å². The molecule has 1 aliphatic heterocycles. The van der Waals surface area contributed by atoms with Crippen molar-refractivity contribution < 1.29 is 4.92 Å². The van der Waals surface area contributed by atoms with E-state index in [1.807, 2.05) is 6.07 Å². The van der Waals surface area contributed by atoms with Crippen molar-refractivity contribution in [3.8, 4) is 0 Å². The topological polar surface area (TPSA) is 55.2 Å². The minimum atomic E-state index is -0.325. The third-order valence-electron chi connectivity index (χ3n) is 4.96. The fourth-order valence-corrected chi connectivity index (χ4v) is 3.88. The van der Waals surface area contributed by atoms with Crippen molar-refractivity contribution in [2.45, 2.75) is 25.3 Å². The molecular formula is C19H18N2O2. The number of nitrogens with one attached hydrogen (secondary N) is 1. The molecule has 116 valence electrons. The summed E-state index contributed by atoms with van der Waals surface area (Å²) in [7, 11) is 0. The predicted molar refractivity (Wildman–Crippen MR) is 90.6 cm³/mol. The van der Waals surface area contributed by atoms with Crippen LogP contribution in [0, 0.1) is 23.0 Å². The number of fused-ring (bicyclic) bond motifs is 3. The second-order valence-electron chi connectivity index (χ2n) is 6.42. The van der Waals surface area contributed by atoms with Crippen LogP contribution in [0.15, 0.2) is 54.6 Å². The quantitative estimate of drug-likeness (QED) is 0.496. The number of anilines is 1. The summed E-state index contributed by atoms with van der Waals surface area (Å²) in [6, 6.07) is 13.6. The third-order valence-corrected chi connectivity index (χ3v) is 4.96. The summed E-state index contributed by atoms with van der Waals surface area (Å²) in [5.74, 6) is 0.793. The van der Waals surface area contributed by atoms with Crippen LogP contribution in [0.4, 0.5) is 11.4 Å². The Labute approximate surface area is 135 Å². The number of hydrogen-bond donors (Lipinski definition) is 1. The summed E-state index contributed by atoms with van der Waals surface area (Å²) in [5.41, 5.74) is 4.88. The maximum Gasteiger partial charge on any atom is 0.269 e. The fourth-order valence-electron chi connectivity index (χ4n) is 3.88. The first-order valence-corrected chi connectivity index (χ1v) is 7.91. The van der Waals surface area contributed by atoms with E-state index in [9.17, 15) is 10.1 Å². The van der Waals surface area contributed by atoms with Crippen LogP contribution in [-0.4, -0.2) is 4.92 Å². The second kappa shape index (κ2) is 5.23. The van der Waals surface area contributed by atoms with Gasteiger partial charge in [0, 0.05) is 23.7 Å². The van der Waals surface area contributed by atoms with Gasteiger partial charge in [-0.05, 0) is 36.5 Å². The van der Waals surface area contributed by atoms with Gasteiger partial charge in [-0.15, -0.1) is 0 Å². The van der Waals surface area contributed by atoms with E-state index in [0.29, 0.717) is 11.8 Å². The lowest BCUT2D eigenvalue weighted by atomic mass is 9.76. The molecule has 1 heterocycles. The number of hydrogen-bond acceptors (Lipinski definition) is 3. The van der Waals surface area contributed by atoms with E-state index < -0.39 is 0 Å². The number of nitrogens with zero attached hydrogens (tertiary/aromatic N) is 1. The molecule has 4 heteroatoms. The molecule has 0 saturated carbocycles. The van der Waals surface area contributed by atoms with Gasteiger partial charge in [0.15, 0.2) is 0 Å². The van der Waals surface area contributed by atoms with E-state index in [-0.39, 0.29) is 16.7 Å². The van der Waals surface area contributed by atoms with Gasteiger partial charge in [0.05, 0.1) is 11.0 Å². The molecule has 23 heavy (non-hydrogen) atoms. The van der Waals surface area contributed by atoms with Crippen LogP contribution in [0.5, 0.6) is 0 Å². The minimum absolute atomic E-state index is 0.102. The molecule has 1 aliphatic carbocycles. The van der Waals surface area contributed by atoms with E-state index in [1.54, 1.807) is 18.2 Å². The molecule has 4 nitrogen and oxygen atoms in total. The first-order valence-electron chi connectivity index (χ1n) is 7.91. The molecule has 0 aromatic heterocycles. The number of benzene rings is 2. The molecule has 2 aromatic rings. The Balaban J connectivity index is 1.78. The van der Waals surface area contributed by atoms with E-state index in [0.717, 1.165) is 17.7 Å². The Morgan fingerprint density at radius 3 is 2.91 bits per heavy atom. The van der Waals surface area contributed by atoms with Crippen molar-refractivity contribution in [3.05, 3.63) is 81.4 Å². The molecule has 0 bridgehead atoms. The smallest absolute Gasteiger partial charge is 0.269 e. The highest BCUT2D eigenvalue weighted by Crippen LogP contribution is 2.50. The SMILES string of the molecule is Cc1ccc2c(c1)[C@H]1C=CC[C@@H]1[C@@H](c1cccc([N+](=O)[O-])c1)N2. The zero-order valence-electron chi connectivity index (χ0n) is 12.9. The number of non-ortho nitro benzene ring substituents is 1. The molecule has 4 rings (SSSR count). The van der Waals surface area contributed by atoms with Crippen molar-refractivity contribution in [3.63, 3.8) is 0 Å². The first-order chi connectivity index (χ1) is 11.1. The molecular weight excluding hydrogens is 288 g/mol. The average molecular weight is 306 g/mol. The third kappa shape index (κ3) is 2.31. The van der Waals surface area contributed by atoms with Gasteiger partial charge in [0.25, 0.3) is 5.69 Å². The lowest BCUT2D eigenvalue weighted by molar-refractivity contribution is -0.384. The van der Waals surface area contributed by atoms with E-state index in [2.05, 4.69) is 42.6 Å². The molecule has 0 saturated heterocycles. The number of nitro groups is 1. The second-order valence-corrected chi connectivity index (χ2v) is 6.42. The molecule has 1 N–H and O–H groups in total. The van der Waals surface area contributed by atoms with E-state index in [1.165, 1.54) is 11.1 Å². The van der Waals surface area contributed by atoms with Crippen LogP contribution in [-0.2, 0) is 0 Å². The summed E-state index contributed by atoms with van der Waals surface area (Å²) in [6.45, 7) is 2.11. The van der Waals surface area contributed by atoms with Gasteiger partial charge in [0.2, 0.25) is 0 Å². The summed E-state index contributed by atoms with van der Waals surface area (Å²) in [6.07, 6.45) is 5.52. The van der Waals surface area contributed by atoms with Crippen LogP contribution >= 0.6 is 0 Å². The Bertz CT molecular complexity index is 813. The summed E-state index contributed by atoms with van der Waals surface area (Å²) in [4.78, 5) is 10.7. The van der Waals surface area contributed by atoms with E-state index in [4.69, 9.17) is 0 Å². The molecule has 0 radical (unpaired) electrons. The van der Waals surface area contributed by atoms with Crippen LogP contribution in [0.1, 0.15) is 35.1 Å². The van der Waals surface area contributed by atoms with Crippen LogP contribution in [0.25, 0.3) is 0 Å². The van der Waals surface area contributed by atoms with Crippen molar-refractivity contribution in [1.29, 1.82) is 0 Å². The zero-order chi connectivity index (χ0) is 16.0. The number of aryl methyl sites for hydroxylation is 1. The summed E-state index contributed by atoms with van der Waals surface area (Å²) < 4.78 is 0. The highest BCUT2D eigenvalue weighted by Gasteiger charge is 2.38. The average Bonchev–Trinajstić information content (AvgIpc) is 3.04. The molecule has 0 spiro atoms. The minimum Gasteiger partial charge on any atom is -0.378 e. The number of nitro benzene ring substituents is 1. The molecule has 2 aromatic carbocycles. The maximum atomic E-state index is 11.1. The van der Waals surface area contributed by atoms with Gasteiger partial charge in [-0.3, -0.25) is 10.1 Å². The van der Waals surface area contributed by atoms with Crippen molar-refractivity contribution >= 4 is 11.4 Å². The lowest BCUT2D eigenvalue weighted by Gasteiger charge is -2.37. The van der Waals surface area contributed by atoms with Crippen LogP contribution < -0.4 is 5.32 Å². The predicted octanol–water partition coefficient (Wildman–Crippen LogP) is 4.73. The molecule has 3 atom stereocenters. The molecule has 0 amide bonds. The monoisotopic (exact) mass is 306 g/mol. The van der Waals surface area contributed by atoms with Gasteiger partial charge in [0.1, 0.15) is 0 Å². The normalized spacial score (nSPS) is 24.7. The Kier molecular flexibility index (Phi) is 3.18. The fraction of sp³-hybridized carbons (Fsp3) is 0.263. The van der Waals surface area contributed by atoms with Gasteiger partial charge < -0.3 is 5.32 Å². The molecule has 0 unspecified atom stereocenters. The first kappa shape index (κ1) is 14.0. The Hall–Kier alpha value is -2.62. The van der Waals surface area contributed by atoms with E-state index >= 15 is 0 Å². The Morgan fingerprint density at radius 2 is 2.09 bits per heavy atom. The van der Waals surface area contributed by atoms with Crippen molar-refractivity contribution in [2.75, 3.05) is 5.32 Å². The molecule has 0 fully saturated rings. The number of rotatable bonds is 2. The van der Waals surface area contributed by atoms with Gasteiger partial charge in [-0.2, -0.15) is 0 Å². The molecule has 2 aliphatic rings. The largest absolute Gasteiger partial charge is 0.378 e.